The molecule has 0 radical (unpaired) electrons. The van der Waals surface area contributed by atoms with Gasteiger partial charge in [0.2, 0.25) is 0 Å². The van der Waals surface area contributed by atoms with E-state index in [4.69, 9.17) is 0 Å². The molecule has 0 saturated carbocycles. The van der Waals surface area contributed by atoms with Gasteiger partial charge in [-0.2, -0.15) is 16.4 Å². The molecular formula is C13H19N3S. The lowest BCUT2D eigenvalue weighted by Crippen LogP contribution is -2.23. The Morgan fingerprint density at radius 1 is 1.53 bits per heavy atom. The van der Waals surface area contributed by atoms with E-state index in [1.807, 2.05) is 11.7 Å². The Morgan fingerprint density at radius 2 is 2.35 bits per heavy atom. The van der Waals surface area contributed by atoms with Crippen molar-refractivity contribution in [2.45, 2.75) is 26.3 Å². The molecule has 0 aliphatic heterocycles. The Morgan fingerprint density at radius 3 is 2.88 bits per heavy atom. The molecule has 0 bridgehead atoms. The van der Waals surface area contributed by atoms with Crippen molar-refractivity contribution in [1.82, 2.24) is 15.1 Å². The van der Waals surface area contributed by atoms with Crippen LogP contribution in [0, 0.1) is 6.92 Å². The highest BCUT2D eigenvalue weighted by atomic mass is 32.1. The summed E-state index contributed by atoms with van der Waals surface area (Å²) in [6, 6.07) is 2.46. The Balaban J connectivity index is 2.30. The zero-order valence-electron chi connectivity index (χ0n) is 10.6. The molecule has 1 atom stereocenters. The smallest absolute Gasteiger partial charge is 0.0644 e. The van der Waals surface area contributed by atoms with E-state index in [2.05, 4.69) is 47.3 Å². The number of nitrogens with one attached hydrogen (secondary N) is 1. The van der Waals surface area contributed by atoms with Crippen molar-refractivity contribution < 1.29 is 0 Å². The number of rotatable bonds is 5. The molecule has 0 amide bonds. The van der Waals surface area contributed by atoms with E-state index in [1.165, 1.54) is 11.1 Å². The molecule has 1 N–H and O–H groups in total. The second-order valence-electron chi connectivity index (χ2n) is 4.29. The maximum atomic E-state index is 4.43. The van der Waals surface area contributed by atoms with Gasteiger partial charge >= 0.3 is 0 Å². The van der Waals surface area contributed by atoms with E-state index in [0.717, 1.165) is 18.7 Å². The van der Waals surface area contributed by atoms with Crippen LogP contribution in [0.4, 0.5) is 0 Å². The molecule has 0 aliphatic carbocycles. The topological polar surface area (TPSA) is 29.9 Å². The second kappa shape index (κ2) is 5.47. The Bertz CT molecular complexity index is 459. The van der Waals surface area contributed by atoms with E-state index in [1.54, 1.807) is 11.3 Å². The predicted molar refractivity (Wildman–Crippen MR) is 72.4 cm³/mol. The van der Waals surface area contributed by atoms with Crippen LogP contribution in [0.25, 0.3) is 0 Å². The van der Waals surface area contributed by atoms with Crippen LogP contribution in [0.2, 0.25) is 0 Å². The number of hydrogen-bond acceptors (Lipinski definition) is 3. The summed E-state index contributed by atoms with van der Waals surface area (Å²) >= 11 is 1.74. The van der Waals surface area contributed by atoms with E-state index in [-0.39, 0.29) is 6.04 Å². The van der Waals surface area contributed by atoms with Crippen LogP contribution in [0.1, 0.15) is 36.2 Å². The number of thiophene rings is 1. The summed E-state index contributed by atoms with van der Waals surface area (Å²) in [5.41, 5.74) is 3.71. The molecular weight excluding hydrogens is 230 g/mol. The normalized spacial score (nSPS) is 12.9. The first-order chi connectivity index (χ1) is 8.22. The van der Waals surface area contributed by atoms with Crippen LogP contribution in [0.3, 0.4) is 0 Å². The molecule has 0 fully saturated rings. The molecule has 1 unspecified atom stereocenters. The molecule has 2 heterocycles. The third kappa shape index (κ3) is 2.76. The van der Waals surface area contributed by atoms with Gasteiger partial charge in [-0.25, -0.2) is 0 Å². The minimum absolute atomic E-state index is 0.273. The Kier molecular flexibility index (Phi) is 3.97. The highest BCUT2D eigenvalue weighted by Crippen LogP contribution is 2.25. The highest BCUT2D eigenvalue weighted by Gasteiger charge is 2.17. The zero-order chi connectivity index (χ0) is 12.3. The fraction of sp³-hybridized carbons (Fsp3) is 0.462. The quantitative estimate of drug-likeness (QED) is 0.883. The molecule has 2 aromatic rings. The summed E-state index contributed by atoms with van der Waals surface area (Å²) in [5.74, 6) is 0. The van der Waals surface area contributed by atoms with Crippen LogP contribution < -0.4 is 5.32 Å². The van der Waals surface area contributed by atoms with Crippen LogP contribution >= 0.6 is 11.3 Å². The van der Waals surface area contributed by atoms with E-state index in [0.29, 0.717) is 0 Å². The lowest BCUT2D eigenvalue weighted by molar-refractivity contribution is 0.597. The fourth-order valence-corrected chi connectivity index (χ4v) is 2.72. The first-order valence-corrected chi connectivity index (χ1v) is 6.92. The molecule has 0 aromatic carbocycles. The van der Waals surface area contributed by atoms with Crippen molar-refractivity contribution in [1.29, 1.82) is 0 Å². The standard InChI is InChI=1S/C13H19N3S/c1-4-6-14-13(11-5-7-17-9-11)12-8-16(3)15-10(12)2/h5,7-9,13-14H,4,6H2,1-3H3. The van der Waals surface area contributed by atoms with Crippen molar-refractivity contribution in [2.24, 2.45) is 7.05 Å². The largest absolute Gasteiger partial charge is 0.306 e. The minimum Gasteiger partial charge on any atom is -0.306 e. The molecule has 0 saturated heterocycles. The lowest BCUT2D eigenvalue weighted by atomic mass is 10.0. The third-order valence-electron chi connectivity index (χ3n) is 2.84. The van der Waals surface area contributed by atoms with Gasteiger partial charge < -0.3 is 5.32 Å². The summed E-state index contributed by atoms with van der Waals surface area (Å²) in [7, 11) is 1.97. The van der Waals surface area contributed by atoms with Gasteiger partial charge in [0.1, 0.15) is 0 Å². The number of aryl methyl sites for hydroxylation is 2. The predicted octanol–water partition coefficient (Wildman–Crippen LogP) is 2.88. The van der Waals surface area contributed by atoms with Gasteiger partial charge in [0.05, 0.1) is 11.7 Å². The second-order valence-corrected chi connectivity index (χ2v) is 5.07. The monoisotopic (exact) mass is 249 g/mol. The van der Waals surface area contributed by atoms with Gasteiger partial charge in [0, 0.05) is 18.8 Å². The average Bonchev–Trinajstić information content (AvgIpc) is 2.90. The van der Waals surface area contributed by atoms with E-state index >= 15 is 0 Å². The SMILES string of the molecule is CCCNC(c1ccsc1)c1cn(C)nc1C. The van der Waals surface area contributed by atoms with Crippen molar-refractivity contribution in [3.8, 4) is 0 Å². The lowest BCUT2D eigenvalue weighted by Gasteiger charge is -2.16. The number of nitrogens with zero attached hydrogens (tertiary/aromatic N) is 2. The molecule has 17 heavy (non-hydrogen) atoms. The maximum Gasteiger partial charge on any atom is 0.0644 e. The van der Waals surface area contributed by atoms with E-state index in [9.17, 15) is 0 Å². The van der Waals surface area contributed by atoms with Gasteiger partial charge in [-0.3, -0.25) is 4.68 Å². The van der Waals surface area contributed by atoms with Crippen LogP contribution in [0.15, 0.2) is 23.0 Å². The summed E-state index contributed by atoms with van der Waals surface area (Å²) in [4.78, 5) is 0. The van der Waals surface area contributed by atoms with Crippen LogP contribution in [0.5, 0.6) is 0 Å². The van der Waals surface area contributed by atoms with E-state index < -0.39 is 0 Å². The first-order valence-electron chi connectivity index (χ1n) is 5.98. The van der Waals surface area contributed by atoms with Crippen molar-refractivity contribution in [2.75, 3.05) is 6.54 Å². The number of aromatic nitrogens is 2. The first kappa shape index (κ1) is 12.3. The third-order valence-corrected chi connectivity index (χ3v) is 3.54. The molecule has 3 nitrogen and oxygen atoms in total. The van der Waals surface area contributed by atoms with Gasteiger partial charge in [-0.05, 0) is 42.3 Å². The molecule has 4 heteroatoms. The molecule has 2 rings (SSSR count). The zero-order valence-corrected chi connectivity index (χ0v) is 11.4. The minimum atomic E-state index is 0.273. The Hall–Kier alpha value is -1.13. The molecule has 2 aromatic heterocycles. The molecule has 0 aliphatic rings. The summed E-state index contributed by atoms with van der Waals surface area (Å²) in [6.07, 6.45) is 3.25. The summed E-state index contributed by atoms with van der Waals surface area (Å²) in [5, 5.41) is 12.4. The summed E-state index contributed by atoms with van der Waals surface area (Å²) in [6.45, 7) is 5.28. The van der Waals surface area contributed by atoms with Gasteiger partial charge in [0.25, 0.3) is 0 Å². The number of hydrogen-bond donors (Lipinski definition) is 1. The summed E-state index contributed by atoms with van der Waals surface area (Å²) < 4.78 is 1.89. The average molecular weight is 249 g/mol. The van der Waals surface area contributed by atoms with Gasteiger partial charge in [0.15, 0.2) is 0 Å². The maximum absolute atomic E-state index is 4.43. The highest BCUT2D eigenvalue weighted by molar-refractivity contribution is 7.08. The molecule has 0 spiro atoms. The van der Waals surface area contributed by atoms with Crippen molar-refractivity contribution in [3.63, 3.8) is 0 Å². The van der Waals surface area contributed by atoms with Crippen LogP contribution in [-0.4, -0.2) is 16.3 Å². The van der Waals surface area contributed by atoms with Crippen LogP contribution in [-0.2, 0) is 7.05 Å². The Labute approximate surface area is 106 Å². The van der Waals surface area contributed by atoms with Crippen molar-refractivity contribution >= 4 is 11.3 Å². The molecule has 92 valence electrons. The fourth-order valence-electron chi connectivity index (χ4n) is 2.04. The van der Waals surface area contributed by atoms with Crippen molar-refractivity contribution in [3.05, 3.63) is 39.8 Å². The van der Waals surface area contributed by atoms with Gasteiger partial charge in [-0.15, -0.1) is 0 Å². The van der Waals surface area contributed by atoms with Gasteiger partial charge in [-0.1, -0.05) is 6.92 Å².